The highest BCUT2D eigenvalue weighted by Crippen LogP contribution is 2.33. The van der Waals surface area contributed by atoms with Crippen molar-refractivity contribution in [3.05, 3.63) is 34.0 Å². The summed E-state index contributed by atoms with van der Waals surface area (Å²) in [7, 11) is 0. The molecule has 4 heterocycles. The molecule has 2 aliphatic heterocycles. The van der Waals surface area contributed by atoms with Crippen LogP contribution in [0.1, 0.15) is 28.2 Å². The second-order valence-electron chi connectivity index (χ2n) is 6.41. The lowest BCUT2D eigenvalue weighted by atomic mass is 9.89. The number of hydrogen-bond acceptors (Lipinski definition) is 5. The first-order valence-corrected chi connectivity index (χ1v) is 9.07. The molecule has 1 N–H and O–H groups in total. The van der Waals surface area contributed by atoms with Gasteiger partial charge in [0.2, 0.25) is 5.82 Å². The first-order valence-electron chi connectivity index (χ1n) is 8.19. The zero-order valence-electron chi connectivity index (χ0n) is 13.2. The molecule has 7 heteroatoms. The zero-order chi connectivity index (χ0) is 15.8. The molecule has 0 spiro atoms. The predicted molar refractivity (Wildman–Crippen MR) is 88.3 cm³/mol. The minimum Gasteiger partial charge on any atom is -0.350 e. The van der Waals surface area contributed by atoms with Crippen LogP contribution in [0.4, 0.5) is 0 Å². The SMILES string of the molecule is CCNC(=O)c1nnc2n1C[C@H]1CN(Cc3cccs3)C[C@@H]1C2. The molecule has 1 amide bonds. The summed E-state index contributed by atoms with van der Waals surface area (Å²) in [5, 5.41) is 13.3. The molecule has 1 saturated heterocycles. The monoisotopic (exact) mass is 331 g/mol. The molecule has 6 nitrogen and oxygen atoms in total. The molecule has 0 saturated carbocycles. The van der Waals surface area contributed by atoms with E-state index in [1.54, 1.807) is 0 Å². The maximum absolute atomic E-state index is 12.1. The number of nitrogens with zero attached hydrogens (tertiary/aromatic N) is 4. The van der Waals surface area contributed by atoms with Gasteiger partial charge in [-0.25, -0.2) is 0 Å². The summed E-state index contributed by atoms with van der Waals surface area (Å²) in [6, 6.07) is 4.32. The number of amides is 1. The molecule has 2 atom stereocenters. The third kappa shape index (κ3) is 2.79. The molecule has 1 fully saturated rings. The standard InChI is InChI=1S/C16H21N5OS/c1-2-17-16(22)15-19-18-14-6-11-7-20(8-12(11)9-21(14)15)10-13-4-3-5-23-13/h3-5,11-12H,2,6-10H2,1H3,(H,17,22)/t11-,12+/m0/s1. The Balaban J connectivity index is 1.47. The van der Waals surface area contributed by atoms with E-state index in [9.17, 15) is 4.79 Å². The van der Waals surface area contributed by atoms with Gasteiger partial charge in [0.15, 0.2) is 0 Å². The smallest absolute Gasteiger partial charge is 0.289 e. The third-order valence-electron chi connectivity index (χ3n) is 4.84. The fourth-order valence-electron chi connectivity index (χ4n) is 3.78. The van der Waals surface area contributed by atoms with Crippen molar-refractivity contribution in [3.63, 3.8) is 0 Å². The van der Waals surface area contributed by atoms with Crippen molar-refractivity contribution in [2.24, 2.45) is 11.8 Å². The quantitative estimate of drug-likeness (QED) is 0.920. The normalized spacial score (nSPS) is 23.5. The maximum atomic E-state index is 12.1. The van der Waals surface area contributed by atoms with Crippen LogP contribution in [0.25, 0.3) is 0 Å². The van der Waals surface area contributed by atoms with Crippen molar-refractivity contribution in [3.8, 4) is 0 Å². The molecule has 2 aromatic rings. The summed E-state index contributed by atoms with van der Waals surface area (Å²) in [6.45, 7) is 6.64. The molecular weight excluding hydrogens is 310 g/mol. The zero-order valence-corrected chi connectivity index (χ0v) is 14.1. The van der Waals surface area contributed by atoms with Gasteiger partial charge in [0.25, 0.3) is 5.91 Å². The topological polar surface area (TPSA) is 63.1 Å². The number of carbonyl (C=O) groups is 1. The number of nitrogens with one attached hydrogen (secondary N) is 1. The molecule has 23 heavy (non-hydrogen) atoms. The van der Waals surface area contributed by atoms with E-state index in [2.05, 4.69) is 37.9 Å². The average Bonchev–Trinajstić information content (AvgIpc) is 3.23. The number of carbonyl (C=O) groups excluding carboxylic acids is 1. The van der Waals surface area contributed by atoms with Gasteiger partial charge in [0, 0.05) is 44.0 Å². The van der Waals surface area contributed by atoms with E-state index in [1.807, 2.05) is 22.8 Å². The van der Waals surface area contributed by atoms with Gasteiger partial charge < -0.3 is 9.88 Å². The molecule has 2 aliphatic rings. The molecule has 0 bridgehead atoms. The Bertz CT molecular complexity index is 695. The van der Waals surface area contributed by atoms with E-state index < -0.39 is 0 Å². The molecular formula is C16H21N5OS. The van der Waals surface area contributed by atoms with Gasteiger partial charge in [-0.1, -0.05) is 6.07 Å². The van der Waals surface area contributed by atoms with Crippen LogP contribution in [0.3, 0.4) is 0 Å². The van der Waals surface area contributed by atoms with E-state index in [0.29, 0.717) is 24.2 Å². The minimum atomic E-state index is -0.113. The second-order valence-corrected chi connectivity index (χ2v) is 7.44. The number of likely N-dealkylation sites (tertiary alicyclic amines) is 1. The van der Waals surface area contributed by atoms with Gasteiger partial charge in [0.1, 0.15) is 5.82 Å². The Labute approximate surface area is 139 Å². The van der Waals surface area contributed by atoms with E-state index in [0.717, 1.165) is 38.4 Å². The van der Waals surface area contributed by atoms with Crippen LogP contribution < -0.4 is 5.32 Å². The molecule has 2 aromatic heterocycles. The van der Waals surface area contributed by atoms with E-state index >= 15 is 0 Å². The lowest BCUT2D eigenvalue weighted by molar-refractivity contribution is 0.0937. The number of thiophene rings is 1. The van der Waals surface area contributed by atoms with Crippen molar-refractivity contribution in [1.82, 2.24) is 25.0 Å². The van der Waals surface area contributed by atoms with Crippen molar-refractivity contribution in [2.75, 3.05) is 19.6 Å². The van der Waals surface area contributed by atoms with Crippen molar-refractivity contribution >= 4 is 17.2 Å². The molecule has 4 rings (SSSR count). The number of aromatic nitrogens is 3. The van der Waals surface area contributed by atoms with Crippen LogP contribution in [0.5, 0.6) is 0 Å². The Hall–Kier alpha value is -1.73. The molecule has 0 radical (unpaired) electrons. The molecule has 122 valence electrons. The summed E-state index contributed by atoms with van der Waals surface area (Å²) in [4.78, 5) is 16.1. The Kier molecular flexibility index (Phi) is 3.90. The fraction of sp³-hybridized carbons (Fsp3) is 0.562. The average molecular weight is 331 g/mol. The minimum absolute atomic E-state index is 0.113. The molecule has 0 aromatic carbocycles. The number of fused-ring (bicyclic) bond motifs is 2. The largest absolute Gasteiger partial charge is 0.350 e. The van der Waals surface area contributed by atoms with Crippen LogP contribution in [0.2, 0.25) is 0 Å². The van der Waals surface area contributed by atoms with Crippen LogP contribution in [0, 0.1) is 11.8 Å². The van der Waals surface area contributed by atoms with Gasteiger partial charge in [-0.15, -0.1) is 21.5 Å². The Morgan fingerprint density at radius 3 is 3.00 bits per heavy atom. The van der Waals surface area contributed by atoms with Gasteiger partial charge in [-0.05, 0) is 30.2 Å². The summed E-state index contributed by atoms with van der Waals surface area (Å²) in [5.74, 6) is 2.54. The van der Waals surface area contributed by atoms with Gasteiger partial charge >= 0.3 is 0 Å². The number of hydrogen-bond donors (Lipinski definition) is 1. The molecule has 0 unspecified atom stereocenters. The van der Waals surface area contributed by atoms with Gasteiger partial charge in [-0.2, -0.15) is 0 Å². The van der Waals surface area contributed by atoms with E-state index in [1.165, 1.54) is 4.88 Å². The van der Waals surface area contributed by atoms with Crippen molar-refractivity contribution < 1.29 is 4.79 Å². The van der Waals surface area contributed by atoms with Crippen LogP contribution in [-0.2, 0) is 19.5 Å². The van der Waals surface area contributed by atoms with E-state index in [-0.39, 0.29) is 5.91 Å². The van der Waals surface area contributed by atoms with Crippen LogP contribution in [0.15, 0.2) is 17.5 Å². The molecule has 0 aliphatic carbocycles. The lowest BCUT2D eigenvalue weighted by Crippen LogP contribution is -2.33. The Morgan fingerprint density at radius 1 is 1.35 bits per heavy atom. The summed E-state index contributed by atoms with van der Waals surface area (Å²) < 4.78 is 2.03. The predicted octanol–water partition coefficient (Wildman–Crippen LogP) is 1.39. The first kappa shape index (κ1) is 14.8. The highest BCUT2D eigenvalue weighted by atomic mass is 32.1. The van der Waals surface area contributed by atoms with Crippen LogP contribution >= 0.6 is 11.3 Å². The maximum Gasteiger partial charge on any atom is 0.289 e. The Morgan fingerprint density at radius 2 is 2.22 bits per heavy atom. The third-order valence-corrected chi connectivity index (χ3v) is 5.70. The number of rotatable bonds is 4. The second kappa shape index (κ2) is 6.05. The fourth-order valence-corrected chi connectivity index (χ4v) is 4.53. The van der Waals surface area contributed by atoms with Crippen molar-refractivity contribution in [1.29, 1.82) is 0 Å². The highest BCUT2D eigenvalue weighted by Gasteiger charge is 2.39. The van der Waals surface area contributed by atoms with Crippen molar-refractivity contribution in [2.45, 2.75) is 26.4 Å². The summed E-state index contributed by atoms with van der Waals surface area (Å²) in [6.07, 6.45) is 0.929. The van der Waals surface area contributed by atoms with Gasteiger partial charge in [-0.3, -0.25) is 9.69 Å². The first-order chi connectivity index (χ1) is 11.2. The highest BCUT2D eigenvalue weighted by molar-refractivity contribution is 7.09. The van der Waals surface area contributed by atoms with E-state index in [4.69, 9.17) is 0 Å². The van der Waals surface area contributed by atoms with Crippen LogP contribution in [-0.4, -0.2) is 45.2 Å². The summed E-state index contributed by atoms with van der Waals surface area (Å²) in [5.41, 5.74) is 0. The lowest BCUT2D eigenvalue weighted by Gasteiger charge is -2.25. The summed E-state index contributed by atoms with van der Waals surface area (Å²) >= 11 is 1.82. The van der Waals surface area contributed by atoms with Gasteiger partial charge in [0.05, 0.1) is 0 Å².